The van der Waals surface area contributed by atoms with E-state index in [1.54, 1.807) is 13.8 Å². The lowest BCUT2D eigenvalue weighted by atomic mass is 10.0. The van der Waals surface area contributed by atoms with E-state index in [0.717, 1.165) is 38.5 Å². The van der Waals surface area contributed by atoms with Crippen molar-refractivity contribution in [1.82, 2.24) is 15.0 Å². The van der Waals surface area contributed by atoms with Crippen molar-refractivity contribution in [3.8, 4) is 0 Å². The summed E-state index contributed by atoms with van der Waals surface area (Å²) in [6.45, 7) is 9.23. The van der Waals surface area contributed by atoms with Gasteiger partial charge in [0, 0.05) is 25.7 Å². The molecule has 2 rings (SSSR count). The Morgan fingerprint density at radius 3 is 2.65 bits per heavy atom. The van der Waals surface area contributed by atoms with Crippen molar-refractivity contribution >= 4 is 0 Å². The van der Waals surface area contributed by atoms with E-state index in [2.05, 4.69) is 22.0 Å². The molecule has 20 heavy (non-hydrogen) atoms. The van der Waals surface area contributed by atoms with E-state index in [4.69, 9.17) is 9.26 Å². The van der Waals surface area contributed by atoms with Crippen LogP contribution in [-0.4, -0.2) is 52.1 Å². The lowest BCUT2D eigenvalue weighted by Gasteiger charge is -2.26. The van der Waals surface area contributed by atoms with Gasteiger partial charge < -0.3 is 14.4 Å². The molecule has 0 aromatic carbocycles. The third kappa shape index (κ3) is 4.54. The van der Waals surface area contributed by atoms with Gasteiger partial charge in [-0.25, -0.2) is 0 Å². The zero-order valence-electron chi connectivity index (χ0n) is 12.6. The largest absolute Gasteiger partial charge is 0.389 e. The van der Waals surface area contributed by atoms with Gasteiger partial charge in [0.25, 0.3) is 0 Å². The minimum Gasteiger partial charge on any atom is -0.389 e. The molecule has 6 nitrogen and oxygen atoms in total. The molecule has 0 bridgehead atoms. The molecule has 0 aliphatic carbocycles. The molecule has 0 atom stereocenters. The van der Waals surface area contributed by atoms with Gasteiger partial charge in [0.05, 0.1) is 12.1 Å². The maximum atomic E-state index is 9.89. The quantitative estimate of drug-likeness (QED) is 0.854. The average Bonchev–Trinajstić information content (AvgIpc) is 2.86. The normalized spacial score (nSPS) is 17.9. The third-order valence-corrected chi connectivity index (χ3v) is 3.48. The predicted octanol–water partition coefficient (Wildman–Crippen LogP) is 1.56. The number of ether oxygens (including phenoxy) is 1. The highest BCUT2D eigenvalue weighted by Gasteiger charge is 2.23. The van der Waals surface area contributed by atoms with Gasteiger partial charge in [0.15, 0.2) is 5.82 Å². The van der Waals surface area contributed by atoms with Gasteiger partial charge in [0.1, 0.15) is 0 Å². The number of aliphatic hydroxyl groups is 1. The number of likely N-dealkylation sites (N-methyl/N-ethyl adjacent to an activating group) is 1. The highest BCUT2D eigenvalue weighted by molar-refractivity contribution is 4.95. The summed E-state index contributed by atoms with van der Waals surface area (Å²) in [5.74, 6) is 1.74. The first-order chi connectivity index (χ1) is 9.48. The summed E-state index contributed by atoms with van der Waals surface area (Å²) in [7, 11) is 0. The third-order valence-electron chi connectivity index (χ3n) is 3.48. The van der Waals surface area contributed by atoms with Crippen LogP contribution in [0, 0.1) is 0 Å². The molecule has 1 aliphatic rings. The number of rotatable bonds is 6. The fraction of sp³-hybridized carbons (Fsp3) is 0.857. The van der Waals surface area contributed by atoms with Crippen LogP contribution in [0.15, 0.2) is 4.52 Å². The van der Waals surface area contributed by atoms with Gasteiger partial charge in [-0.1, -0.05) is 12.1 Å². The number of aromatic nitrogens is 2. The molecule has 1 N–H and O–H groups in total. The summed E-state index contributed by atoms with van der Waals surface area (Å²) in [6, 6.07) is 0. The Balaban J connectivity index is 1.94. The topological polar surface area (TPSA) is 71.6 Å². The Bertz CT molecular complexity index is 408. The second-order valence-corrected chi connectivity index (χ2v) is 6.05. The SMILES string of the molecule is CCN(Cc1noc(C2CCOCC2)n1)CC(C)(C)O. The van der Waals surface area contributed by atoms with Crippen molar-refractivity contribution in [2.75, 3.05) is 26.3 Å². The molecule has 6 heteroatoms. The minimum atomic E-state index is -0.719. The summed E-state index contributed by atoms with van der Waals surface area (Å²) in [4.78, 5) is 6.60. The van der Waals surface area contributed by atoms with Crippen molar-refractivity contribution < 1.29 is 14.4 Å². The number of hydrogen-bond acceptors (Lipinski definition) is 6. The molecule has 0 saturated carbocycles. The molecule has 0 spiro atoms. The van der Waals surface area contributed by atoms with Crippen LogP contribution in [0.4, 0.5) is 0 Å². The lowest BCUT2D eigenvalue weighted by Crippen LogP contribution is -2.38. The molecular weight excluding hydrogens is 258 g/mol. The summed E-state index contributed by atoms with van der Waals surface area (Å²) in [6.07, 6.45) is 1.89. The summed E-state index contributed by atoms with van der Waals surface area (Å²) in [5, 5.41) is 13.9. The molecule has 1 aromatic heterocycles. The maximum Gasteiger partial charge on any atom is 0.229 e. The van der Waals surface area contributed by atoms with E-state index in [9.17, 15) is 5.11 Å². The van der Waals surface area contributed by atoms with Crippen molar-refractivity contribution in [2.45, 2.75) is 51.7 Å². The van der Waals surface area contributed by atoms with Gasteiger partial charge in [-0.3, -0.25) is 4.90 Å². The average molecular weight is 283 g/mol. The molecular formula is C14H25N3O3. The summed E-state index contributed by atoms with van der Waals surface area (Å²) < 4.78 is 10.7. The fourth-order valence-corrected chi connectivity index (χ4v) is 2.47. The molecule has 0 amide bonds. The van der Waals surface area contributed by atoms with Gasteiger partial charge in [-0.15, -0.1) is 0 Å². The van der Waals surface area contributed by atoms with E-state index in [-0.39, 0.29) is 0 Å². The summed E-state index contributed by atoms with van der Waals surface area (Å²) in [5.41, 5.74) is -0.719. The lowest BCUT2D eigenvalue weighted by molar-refractivity contribution is 0.0343. The van der Waals surface area contributed by atoms with Gasteiger partial charge in [-0.2, -0.15) is 4.98 Å². The van der Waals surface area contributed by atoms with Gasteiger partial charge in [0.2, 0.25) is 5.89 Å². The molecule has 0 unspecified atom stereocenters. The van der Waals surface area contributed by atoms with Gasteiger partial charge in [-0.05, 0) is 33.2 Å². The Morgan fingerprint density at radius 1 is 1.35 bits per heavy atom. The smallest absolute Gasteiger partial charge is 0.229 e. The van der Waals surface area contributed by atoms with Crippen LogP contribution < -0.4 is 0 Å². The van der Waals surface area contributed by atoms with E-state index in [1.807, 2.05) is 0 Å². The highest BCUT2D eigenvalue weighted by atomic mass is 16.5. The Hall–Kier alpha value is -0.980. The molecule has 2 heterocycles. The fourth-order valence-electron chi connectivity index (χ4n) is 2.47. The van der Waals surface area contributed by atoms with Crippen LogP contribution >= 0.6 is 0 Å². The zero-order valence-corrected chi connectivity index (χ0v) is 12.6. The first-order valence-corrected chi connectivity index (χ1v) is 7.33. The van der Waals surface area contributed by atoms with Crippen LogP contribution in [-0.2, 0) is 11.3 Å². The Morgan fingerprint density at radius 2 is 2.05 bits per heavy atom. The first-order valence-electron chi connectivity index (χ1n) is 7.33. The van der Waals surface area contributed by atoms with Crippen LogP contribution in [0.2, 0.25) is 0 Å². The molecule has 0 radical (unpaired) electrons. The van der Waals surface area contributed by atoms with Crippen LogP contribution in [0.5, 0.6) is 0 Å². The van der Waals surface area contributed by atoms with Crippen molar-refractivity contribution in [3.05, 3.63) is 11.7 Å². The van der Waals surface area contributed by atoms with E-state index in [0.29, 0.717) is 24.8 Å². The summed E-state index contributed by atoms with van der Waals surface area (Å²) >= 11 is 0. The molecule has 1 fully saturated rings. The minimum absolute atomic E-state index is 0.328. The highest BCUT2D eigenvalue weighted by Crippen LogP contribution is 2.25. The van der Waals surface area contributed by atoms with Crippen LogP contribution in [0.3, 0.4) is 0 Å². The monoisotopic (exact) mass is 283 g/mol. The van der Waals surface area contributed by atoms with Crippen molar-refractivity contribution in [2.24, 2.45) is 0 Å². The zero-order chi connectivity index (χ0) is 14.6. The predicted molar refractivity (Wildman–Crippen MR) is 74.3 cm³/mol. The van der Waals surface area contributed by atoms with Crippen molar-refractivity contribution in [1.29, 1.82) is 0 Å². The maximum absolute atomic E-state index is 9.89. The molecule has 1 saturated heterocycles. The van der Waals surface area contributed by atoms with Crippen molar-refractivity contribution in [3.63, 3.8) is 0 Å². The number of hydrogen-bond donors (Lipinski definition) is 1. The number of nitrogens with zero attached hydrogens (tertiary/aromatic N) is 3. The first kappa shape index (κ1) is 15.4. The second-order valence-electron chi connectivity index (χ2n) is 6.05. The molecule has 1 aromatic rings. The van der Waals surface area contributed by atoms with Crippen LogP contribution in [0.1, 0.15) is 51.2 Å². The second kappa shape index (κ2) is 6.65. The Labute approximate surface area is 120 Å². The molecule has 1 aliphatic heterocycles. The van der Waals surface area contributed by atoms with Crippen LogP contribution in [0.25, 0.3) is 0 Å². The van der Waals surface area contributed by atoms with Gasteiger partial charge >= 0.3 is 0 Å². The van der Waals surface area contributed by atoms with E-state index >= 15 is 0 Å². The Kier molecular flexibility index (Phi) is 5.12. The standard InChI is InChI=1S/C14H25N3O3/c1-4-17(10-14(2,3)18)9-12-15-13(20-16-12)11-5-7-19-8-6-11/h11,18H,4-10H2,1-3H3. The van der Waals surface area contributed by atoms with E-state index < -0.39 is 5.60 Å². The van der Waals surface area contributed by atoms with E-state index in [1.165, 1.54) is 0 Å². The molecule has 114 valence electrons.